The van der Waals surface area contributed by atoms with Crippen LogP contribution in [0.4, 0.5) is 0 Å². The largest absolute Gasteiger partial charge is 0.274 e. The first-order valence-electron chi connectivity index (χ1n) is 3.74. The van der Waals surface area contributed by atoms with Crippen LogP contribution >= 0.6 is 22.6 Å². The van der Waals surface area contributed by atoms with Crippen molar-refractivity contribution in [3.8, 4) is 0 Å². The molecule has 0 aliphatic rings. The van der Waals surface area contributed by atoms with Gasteiger partial charge in [-0.2, -0.15) is 5.10 Å². The first kappa shape index (κ1) is 10.2. The fourth-order valence-electron chi connectivity index (χ4n) is 0.773. The SMILES string of the molecule is CC(=O)N/N=C/c1ccccc1I. The van der Waals surface area contributed by atoms with Crippen LogP contribution < -0.4 is 5.43 Å². The number of nitrogens with zero attached hydrogens (tertiary/aromatic N) is 1. The van der Waals surface area contributed by atoms with Crippen molar-refractivity contribution in [2.45, 2.75) is 6.92 Å². The van der Waals surface area contributed by atoms with Gasteiger partial charge in [-0.3, -0.25) is 4.79 Å². The van der Waals surface area contributed by atoms with E-state index in [9.17, 15) is 4.79 Å². The third-order valence-electron chi connectivity index (χ3n) is 1.33. The molecule has 0 atom stereocenters. The monoisotopic (exact) mass is 288 g/mol. The molecule has 0 aromatic heterocycles. The first-order valence-corrected chi connectivity index (χ1v) is 4.82. The van der Waals surface area contributed by atoms with Crippen molar-refractivity contribution in [1.82, 2.24) is 5.43 Å². The van der Waals surface area contributed by atoms with E-state index in [-0.39, 0.29) is 5.91 Å². The number of carbonyl (C=O) groups is 1. The minimum atomic E-state index is -0.165. The lowest BCUT2D eigenvalue weighted by atomic mass is 10.2. The molecular formula is C9H9IN2O. The quantitative estimate of drug-likeness (QED) is 0.503. The van der Waals surface area contributed by atoms with Gasteiger partial charge in [-0.25, -0.2) is 5.43 Å². The second-order valence-electron chi connectivity index (χ2n) is 2.45. The van der Waals surface area contributed by atoms with Crippen molar-refractivity contribution in [2.24, 2.45) is 5.10 Å². The Bertz CT molecular complexity index is 336. The summed E-state index contributed by atoms with van der Waals surface area (Å²) < 4.78 is 1.11. The minimum absolute atomic E-state index is 0.165. The van der Waals surface area contributed by atoms with Gasteiger partial charge < -0.3 is 0 Å². The van der Waals surface area contributed by atoms with Gasteiger partial charge in [0, 0.05) is 16.1 Å². The number of rotatable bonds is 2. The Labute approximate surface area is 90.4 Å². The molecule has 4 heteroatoms. The molecule has 0 radical (unpaired) electrons. The van der Waals surface area contributed by atoms with Crippen molar-refractivity contribution < 1.29 is 4.79 Å². The van der Waals surface area contributed by atoms with Crippen LogP contribution in [-0.4, -0.2) is 12.1 Å². The molecule has 1 rings (SSSR count). The van der Waals surface area contributed by atoms with E-state index in [0.29, 0.717) is 0 Å². The van der Waals surface area contributed by atoms with Crippen molar-refractivity contribution in [3.05, 3.63) is 33.4 Å². The second kappa shape index (κ2) is 4.96. The minimum Gasteiger partial charge on any atom is -0.274 e. The maximum absolute atomic E-state index is 10.5. The van der Waals surface area contributed by atoms with Crippen LogP contribution in [0.3, 0.4) is 0 Å². The summed E-state index contributed by atoms with van der Waals surface area (Å²) in [5, 5.41) is 3.77. The predicted octanol–water partition coefficient (Wildman–Crippen LogP) is 1.76. The third-order valence-corrected chi connectivity index (χ3v) is 2.31. The van der Waals surface area contributed by atoms with Gasteiger partial charge >= 0.3 is 0 Å². The van der Waals surface area contributed by atoms with Crippen molar-refractivity contribution >= 4 is 34.7 Å². The number of amides is 1. The highest BCUT2D eigenvalue weighted by atomic mass is 127. The summed E-state index contributed by atoms with van der Waals surface area (Å²) >= 11 is 2.21. The predicted molar refractivity (Wildman–Crippen MR) is 60.6 cm³/mol. The van der Waals surface area contributed by atoms with Crippen molar-refractivity contribution in [2.75, 3.05) is 0 Å². The highest BCUT2D eigenvalue weighted by Gasteiger charge is 1.92. The van der Waals surface area contributed by atoms with Crippen LogP contribution in [0.15, 0.2) is 29.4 Å². The van der Waals surface area contributed by atoms with Crippen molar-refractivity contribution in [3.63, 3.8) is 0 Å². The van der Waals surface area contributed by atoms with Gasteiger partial charge in [0.25, 0.3) is 0 Å². The molecule has 0 bridgehead atoms. The number of benzene rings is 1. The first-order chi connectivity index (χ1) is 6.20. The number of hydrogen-bond acceptors (Lipinski definition) is 2. The third kappa shape index (κ3) is 3.54. The standard InChI is InChI=1S/C9H9IN2O/c1-7(13)12-11-6-8-4-2-3-5-9(8)10/h2-6H,1H3,(H,12,13)/b11-6+. The van der Waals surface area contributed by atoms with Gasteiger partial charge in [-0.15, -0.1) is 0 Å². The number of halogens is 1. The van der Waals surface area contributed by atoms with E-state index in [1.165, 1.54) is 6.92 Å². The topological polar surface area (TPSA) is 41.5 Å². The summed E-state index contributed by atoms with van der Waals surface area (Å²) in [5.74, 6) is -0.165. The molecule has 0 aliphatic heterocycles. The molecule has 1 aromatic rings. The van der Waals surface area contributed by atoms with Gasteiger partial charge in [0.1, 0.15) is 0 Å². The van der Waals surface area contributed by atoms with E-state index in [1.54, 1.807) is 6.21 Å². The average Bonchev–Trinajstić information content (AvgIpc) is 2.08. The van der Waals surface area contributed by atoms with Crippen LogP contribution in [0.5, 0.6) is 0 Å². The maximum atomic E-state index is 10.5. The summed E-state index contributed by atoms with van der Waals surface area (Å²) in [7, 11) is 0. The summed E-state index contributed by atoms with van der Waals surface area (Å²) in [4.78, 5) is 10.5. The molecule has 1 N–H and O–H groups in total. The molecule has 1 amide bonds. The number of nitrogens with one attached hydrogen (secondary N) is 1. The molecular weight excluding hydrogens is 279 g/mol. The zero-order valence-electron chi connectivity index (χ0n) is 7.12. The number of hydrogen-bond donors (Lipinski definition) is 1. The Balaban J connectivity index is 2.68. The maximum Gasteiger partial charge on any atom is 0.236 e. The molecule has 13 heavy (non-hydrogen) atoms. The highest BCUT2D eigenvalue weighted by Crippen LogP contribution is 2.08. The fraction of sp³-hybridized carbons (Fsp3) is 0.111. The van der Waals surface area contributed by atoms with E-state index >= 15 is 0 Å². The van der Waals surface area contributed by atoms with Crippen LogP contribution in [0.2, 0.25) is 0 Å². The van der Waals surface area contributed by atoms with Crippen LogP contribution in [-0.2, 0) is 4.79 Å². The van der Waals surface area contributed by atoms with Crippen LogP contribution in [0.25, 0.3) is 0 Å². The molecule has 1 aromatic carbocycles. The molecule has 68 valence electrons. The van der Waals surface area contributed by atoms with E-state index in [0.717, 1.165) is 9.13 Å². The lowest BCUT2D eigenvalue weighted by Gasteiger charge is -1.96. The Kier molecular flexibility index (Phi) is 3.88. The lowest BCUT2D eigenvalue weighted by Crippen LogP contribution is -2.12. The normalized spacial score (nSPS) is 10.3. The number of hydrazone groups is 1. The van der Waals surface area contributed by atoms with E-state index in [1.807, 2.05) is 24.3 Å². The van der Waals surface area contributed by atoms with E-state index in [2.05, 4.69) is 33.1 Å². The van der Waals surface area contributed by atoms with Crippen LogP contribution in [0.1, 0.15) is 12.5 Å². The van der Waals surface area contributed by atoms with Gasteiger partial charge in [-0.1, -0.05) is 18.2 Å². The molecule has 0 spiro atoms. The summed E-state index contributed by atoms with van der Waals surface area (Å²) in [5.41, 5.74) is 3.35. The van der Waals surface area contributed by atoms with Crippen molar-refractivity contribution in [1.29, 1.82) is 0 Å². The molecule has 0 saturated carbocycles. The molecule has 0 unspecified atom stereocenters. The van der Waals surface area contributed by atoms with Gasteiger partial charge in [0.2, 0.25) is 5.91 Å². The van der Waals surface area contributed by atoms with E-state index < -0.39 is 0 Å². The molecule has 3 nitrogen and oxygen atoms in total. The number of carbonyl (C=O) groups excluding carboxylic acids is 1. The molecule has 0 saturated heterocycles. The molecule has 0 aliphatic carbocycles. The lowest BCUT2D eigenvalue weighted by molar-refractivity contribution is -0.118. The zero-order valence-corrected chi connectivity index (χ0v) is 9.28. The average molecular weight is 288 g/mol. The molecule has 0 fully saturated rings. The highest BCUT2D eigenvalue weighted by molar-refractivity contribution is 14.1. The summed E-state index contributed by atoms with van der Waals surface area (Å²) in [6, 6.07) is 7.80. The van der Waals surface area contributed by atoms with E-state index in [4.69, 9.17) is 0 Å². The fourth-order valence-corrected chi connectivity index (χ4v) is 1.30. The Morgan fingerprint density at radius 1 is 1.54 bits per heavy atom. The zero-order chi connectivity index (χ0) is 9.68. The summed E-state index contributed by atoms with van der Waals surface area (Å²) in [6.45, 7) is 1.42. The Morgan fingerprint density at radius 2 is 2.23 bits per heavy atom. The van der Waals surface area contributed by atoms with Crippen LogP contribution in [0, 0.1) is 3.57 Å². The van der Waals surface area contributed by atoms with Gasteiger partial charge in [0.15, 0.2) is 0 Å². The van der Waals surface area contributed by atoms with Gasteiger partial charge in [-0.05, 0) is 28.7 Å². The Morgan fingerprint density at radius 3 is 2.85 bits per heavy atom. The Hall–Kier alpha value is -0.910. The van der Waals surface area contributed by atoms with Gasteiger partial charge in [0.05, 0.1) is 6.21 Å². The summed E-state index contributed by atoms with van der Waals surface area (Å²) in [6.07, 6.45) is 1.63. The smallest absolute Gasteiger partial charge is 0.236 e. The second-order valence-corrected chi connectivity index (χ2v) is 3.61. The molecule has 0 heterocycles.